The summed E-state index contributed by atoms with van der Waals surface area (Å²) in [6.45, 7) is 0.941. The van der Waals surface area contributed by atoms with E-state index in [4.69, 9.17) is 9.47 Å². The van der Waals surface area contributed by atoms with Crippen molar-refractivity contribution in [2.45, 2.75) is 171 Å². The van der Waals surface area contributed by atoms with Crippen LogP contribution in [0, 0.1) is 0 Å². The summed E-state index contributed by atoms with van der Waals surface area (Å²) in [4.78, 5) is 12.8. The zero-order valence-corrected chi connectivity index (χ0v) is 24.9. The van der Waals surface area contributed by atoms with Gasteiger partial charge in [0.25, 0.3) is 0 Å². The first-order valence-corrected chi connectivity index (χ1v) is 16.0. The van der Waals surface area contributed by atoms with Crippen molar-refractivity contribution in [3.8, 4) is 0 Å². The van der Waals surface area contributed by atoms with Crippen LogP contribution in [-0.2, 0) is 14.3 Å². The lowest BCUT2D eigenvalue weighted by atomic mass is 9.84. The second-order valence-electron chi connectivity index (χ2n) is 11.9. The Kier molecular flexibility index (Phi) is 17.8. The van der Waals surface area contributed by atoms with Crippen molar-refractivity contribution in [2.24, 2.45) is 0 Å². The van der Waals surface area contributed by atoms with Crippen LogP contribution in [0.15, 0.2) is 0 Å². The Morgan fingerprint density at radius 3 is 1.44 bits per heavy atom. The summed E-state index contributed by atoms with van der Waals surface area (Å²) in [6.07, 6.45) is 5.25. The minimum absolute atomic E-state index is 0.197. The van der Waals surface area contributed by atoms with Crippen molar-refractivity contribution < 1.29 is 50.0 Å². The first-order valence-electron chi connectivity index (χ1n) is 16.0. The molecule has 10 atom stereocenters. The fourth-order valence-electron chi connectivity index (χ4n) is 5.91. The number of ether oxygens (including phenoxy) is 2. The number of amides is 1. The summed E-state index contributed by atoms with van der Waals surface area (Å²) in [7, 11) is 0. The maximum atomic E-state index is 12.8. The molecule has 11 nitrogen and oxygen atoms in total. The smallest absolute Gasteiger partial charge is 0.220 e. The number of unbranched alkanes of at least 4 members (excludes halogenated alkanes) is 14. The standard InChI is InChI=1S/C30H57NO10/c1-2-3-4-5-6-7-8-9-10-11-12-13-14-15-16-17-22(34)31-23-26(37)24(35)20(18-32)40-29(23)30-28(39)27(38)25(36)21(19-33)41-30/h20-21,23-30,32-33,35-39H,2-19H2,1H3,(H,31,34)/t20-,21-,23-,24-,25-,26-,27+,28-,29?,30?/m1/s1. The lowest BCUT2D eigenvalue weighted by Gasteiger charge is -2.49. The number of hydrogen-bond acceptors (Lipinski definition) is 10. The van der Waals surface area contributed by atoms with E-state index >= 15 is 0 Å². The average molecular weight is 592 g/mol. The van der Waals surface area contributed by atoms with Gasteiger partial charge in [-0.1, -0.05) is 96.8 Å². The maximum Gasteiger partial charge on any atom is 0.220 e. The van der Waals surface area contributed by atoms with Gasteiger partial charge in [-0.2, -0.15) is 0 Å². The number of hydrogen-bond donors (Lipinski definition) is 8. The summed E-state index contributed by atoms with van der Waals surface area (Å²) in [5.74, 6) is -0.378. The maximum absolute atomic E-state index is 12.8. The van der Waals surface area contributed by atoms with E-state index in [-0.39, 0.29) is 12.3 Å². The zero-order valence-electron chi connectivity index (χ0n) is 24.9. The minimum atomic E-state index is -1.68. The molecule has 1 amide bonds. The first-order chi connectivity index (χ1) is 19.8. The second kappa shape index (κ2) is 20.1. The first kappa shape index (κ1) is 36.3. The molecule has 0 bridgehead atoms. The van der Waals surface area contributed by atoms with Gasteiger partial charge in [0.05, 0.1) is 19.3 Å². The van der Waals surface area contributed by atoms with Gasteiger partial charge in [0.2, 0.25) is 5.91 Å². The number of rotatable bonds is 20. The normalized spacial score (nSPS) is 34.0. The Morgan fingerprint density at radius 2 is 0.976 bits per heavy atom. The van der Waals surface area contributed by atoms with Crippen LogP contribution in [-0.4, -0.2) is 116 Å². The van der Waals surface area contributed by atoms with Crippen LogP contribution in [0.1, 0.15) is 110 Å². The van der Waals surface area contributed by atoms with E-state index in [0.29, 0.717) is 6.42 Å². The van der Waals surface area contributed by atoms with Gasteiger partial charge >= 0.3 is 0 Å². The number of aliphatic hydroxyl groups excluding tert-OH is 7. The van der Waals surface area contributed by atoms with E-state index in [1.807, 2.05) is 0 Å². The zero-order chi connectivity index (χ0) is 30.2. The largest absolute Gasteiger partial charge is 0.394 e. The molecule has 0 saturated carbocycles. The van der Waals surface area contributed by atoms with Crippen molar-refractivity contribution in [3.05, 3.63) is 0 Å². The van der Waals surface area contributed by atoms with Crippen LogP contribution in [0.2, 0.25) is 0 Å². The Hall–Kier alpha value is -0.890. The van der Waals surface area contributed by atoms with Crippen LogP contribution >= 0.6 is 0 Å². The molecular formula is C30H57NO10. The third-order valence-corrected chi connectivity index (χ3v) is 8.55. The molecule has 0 spiro atoms. The van der Waals surface area contributed by atoms with Gasteiger partial charge in [0.15, 0.2) is 0 Å². The molecule has 0 aromatic rings. The van der Waals surface area contributed by atoms with E-state index in [1.165, 1.54) is 70.6 Å². The van der Waals surface area contributed by atoms with Crippen molar-refractivity contribution in [1.29, 1.82) is 0 Å². The average Bonchev–Trinajstić information content (AvgIpc) is 2.97. The molecule has 2 heterocycles. The molecule has 2 rings (SSSR count). The van der Waals surface area contributed by atoms with Crippen LogP contribution in [0.5, 0.6) is 0 Å². The molecule has 0 radical (unpaired) electrons. The van der Waals surface area contributed by atoms with Gasteiger partial charge < -0.3 is 50.5 Å². The van der Waals surface area contributed by atoms with Gasteiger partial charge in [-0.25, -0.2) is 0 Å². The number of carbonyl (C=O) groups excluding carboxylic acids is 1. The Morgan fingerprint density at radius 1 is 0.561 bits per heavy atom. The van der Waals surface area contributed by atoms with Gasteiger partial charge in [-0.15, -0.1) is 0 Å². The molecule has 242 valence electrons. The van der Waals surface area contributed by atoms with E-state index in [1.54, 1.807) is 0 Å². The van der Waals surface area contributed by atoms with Crippen LogP contribution in [0.25, 0.3) is 0 Å². The van der Waals surface area contributed by atoms with Gasteiger partial charge in [0.1, 0.15) is 54.9 Å². The number of nitrogens with one attached hydrogen (secondary N) is 1. The molecule has 2 saturated heterocycles. The van der Waals surface area contributed by atoms with Gasteiger partial charge in [0, 0.05) is 6.42 Å². The quantitative estimate of drug-likeness (QED) is 0.0951. The molecule has 0 aromatic heterocycles. The molecule has 0 aromatic carbocycles. The summed E-state index contributed by atoms with van der Waals surface area (Å²) in [5, 5.41) is 73.9. The molecule has 11 heteroatoms. The lowest BCUT2D eigenvalue weighted by Crippen LogP contribution is -2.71. The molecule has 0 aliphatic carbocycles. The van der Waals surface area contributed by atoms with E-state index in [0.717, 1.165) is 19.3 Å². The highest BCUT2D eigenvalue weighted by Gasteiger charge is 2.54. The van der Waals surface area contributed by atoms with Crippen LogP contribution < -0.4 is 5.32 Å². The molecule has 8 N–H and O–H groups in total. The predicted molar refractivity (Wildman–Crippen MR) is 153 cm³/mol. The highest BCUT2D eigenvalue weighted by molar-refractivity contribution is 5.76. The molecular weight excluding hydrogens is 534 g/mol. The van der Waals surface area contributed by atoms with E-state index in [2.05, 4.69) is 12.2 Å². The fraction of sp³-hybridized carbons (Fsp3) is 0.967. The summed E-state index contributed by atoms with van der Waals surface area (Å²) < 4.78 is 11.3. The SMILES string of the molecule is CCCCCCCCCCCCCCCCCC(=O)N[C@H]1C(C2O[C@H](CO)[C@@H](O)[C@H](O)[C@H]2O)O[C@H](CO)[C@@H](O)[C@@H]1O. The third kappa shape index (κ3) is 11.6. The van der Waals surface area contributed by atoms with Crippen molar-refractivity contribution in [2.75, 3.05) is 13.2 Å². The summed E-state index contributed by atoms with van der Waals surface area (Å²) >= 11 is 0. The number of aliphatic hydroxyl groups is 7. The second-order valence-corrected chi connectivity index (χ2v) is 11.9. The van der Waals surface area contributed by atoms with Crippen molar-refractivity contribution >= 4 is 5.91 Å². The monoisotopic (exact) mass is 591 g/mol. The molecule has 2 aliphatic heterocycles. The van der Waals surface area contributed by atoms with Crippen molar-refractivity contribution in [1.82, 2.24) is 5.32 Å². The molecule has 2 unspecified atom stereocenters. The van der Waals surface area contributed by atoms with Crippen LogP contribution in [0.4, 0.5) is 0 Å². The van der Waals surface area contributed by atoms with Crippen LogP contribution in [0.3, 0.4) is 0 Å². The highest BCUT2D eigenvalue weighted by Crippen LogP contribution is 2.31. The summed E-state index contributed by atoms with van der Waals surface area (Å²) in [6, 6.07) is -1.22. The summed E-state index contributed by atoms with van der Waals surface area (Å²) in [5.41, 5.74) is 0. The van der Waals surface area contributed by atoms with Gasteiger partial charge in [-0.05, 0) is 6.42 Å². The highest BCUT2D eigenvalue weighted by atomic mass is 16.6. The minimum Gasteiger partial charge on any atom is -0.394 e. The van der Waals surface area contributed by atoms with Crippen molar-refractivity contribution in [3.63, 3.8) is 0 Å². The fourth-order valence-corrected chi connectivity index (χ4v) is 5.91. The Labute approximate surface area is 245 Å². The lowest BCUT2D eigenvalue weighted by molar-refractivity contribution is -0.285. The topological polar surface area (TPSA) is 189 Å². The Balaban J connectivity index is 1.72. The molecule has 2 aliphatic rings. The molecule has 41 heavy (non-hydrogen) atoms. The van der Waals surface area contributed by atoms with Gasteiger partial charge in [-0.3, -0.25) is 4.79 Å². The number of carbonyl (C=O) groups is 1. The third-order valence-electron chi connectivity index (χ3n) is 8.55. The van der Waals surface area contributed by atoms with E-state index in [9.17, 15) is 40.5 Å². The molecule has 2 fully saturated rings. The predicted octanol–water partition coefficient (Wildman–Crippen LogP) is 1.06. The van der Waals surface area contributed by atoms with E-state index < -0.39 is 74.2 Å². The Bertz CT molecular complexity index is 698.